The van der Waals surface area contributed by atoms with Gasteiger partial charge in [-0.15, -0.1) is 11.3 Å². The summed E-state index contributed by atoms with van der Waals surface area (Å²) in [6.07, 6.45) is -4.40. The molecule has 96 valence electrons. The zero-order valence-electron chi connectivity index (χ0n) is 9.00. The van der Waals surface area contributed by atoms with Crippen LogP contribution in [-0.4, -0.2) is 0 Å². The minimum absolute atomic E-state index is 0.128. The molecule has 2 rings (SSSR count). The van der Waals surface area contributed by atoms with Crippen LogP contribution in [0.4, 0.5) is 13.2 Å². The first-order valence-electron chi connectivity index (χ1n) is 4.99. The van der Waals surface area contributed by atoms with Crippen molar-refractivity contribution in [2.75, 3.05) is 0 Å². The second-order valence-electron chi connectivity index (χ2n) is 3.51. The van der Waals surface area contributed by atoms with Crippen molar-refractivity contribution in [1.29, 1.82) is 0 Å². The Morgan fingerprint density at radius 2 is 1.94 bits per heavy atom. The van der Waals surface area contributed by atoms with E-state index in [1.807, 2.05) is 11.4 Å². The standard InChI is InChI=1S/C12H8BrF3OS/c13-8-5-9(18-7-8)6-17-11-4-2-1-3-10(11)12(14,15)16/h1-5,7H,6H2. The summed E-state index contributed by atoms with van der Waals surface area (Å²) in [7, 11) is 0. The van der Waals surface area contributed by atoms with E-state index in [1.54, 1.807) is 0 Å². The maximum absolute atomic E-state index is 12.7. The molecule has 1 aromatic heterocycles. The van der Waals surface area contributed by atoms with Gasteiger partial charge < -0.3 is 4.74 Å². The highest BCUT2D eigenvalue weighted by molar-refractivity contribution is 9.10. The van der Waals surface area contributed by atoms with E-state index in [-0.39, 0.29) is 12.4 Å². The van der Waals surface area contributed by atoms with E-state index in [0.717, 1.165) is 15.4 Å². The Bertz CT molecular complexity index is 536. The quantitative estimate of drug-likeness (QED) is 0.756. The molecule has 0 saturated heterocycles. The Morgan fingerprint density at radius 1 is 1.22 bits per heavy atom. The molecule has 0 aliphatic carbocycles. The Balaban J connectivity index is 2.14. The topological polar surface area (TPSA) is 9.23 Å². The second-order valence-corrected chi connectivity index (χ2v) is 5.43. The molecule has 0 aliphatic heterocycles. The van der Waals surface area contributed by atoms with Gasteiger partial charge in [0.2, 0.25) is 0 Å². The molecule has 0 atom stereocenters. The van der Waals surface area contributed by atoms with Gasteiger partial charge in [-0.25, -0.2) is 0 Å². The molecule has 6 heteroatoms. The van der Waals surface area contributed by atoms with Gasteiger partial charge in [-0.05, 0) is 34.1 Å². The van der Waals surface area contributed by atoms with Crippen molar-refractivity contribution >= 4 is 27.3 Å². The van der Waals surface area contributed by atoms with Crippen LogP contribution in [0.5, 0.6) is 5.75 Å². The first kappa shape index (κ1) is 13.4. The van der Waals surface area contributed by atoms with E-state index in [9.17, 15) is 13.2 Å². The van der Waals surface area contributed by atoms with Crippen LogP contribution in [0.2, 0.25) is 0 Å². The summed E-state index contributed by atoms with van der Waals surface area (Å²) in [6, 6.07) is 7.03. The van der Waals surface area contributed by atoms with Crippen molar-refractivity contribution in [3.63, 3.8) is 0 Å². The second kappa shape index (κ2) is 5.32. The summed E-state index contributed by atoms with van der Waals surface area (Å²) in [6.45, 7) is 0.128. The van der Waals surface area contributed by atoms with Crippen LogP contribution < -0.4 is 4.74 Å². The van der Waals surface area contributed by atoms with Crippen molar-refractivity contribution in [1.82, 2.24) is 0 Å². The number of hydrogen-bond acceptors (Lipinski definition) is 2. The van der Waals surface area contributed by atoms with Gasteiger partial charge in [0.05, 0.1) is 5.56 Å². The lowest BCUT2D eigenvalue weighted by Gasteiger charge is -2.12. The van der Waals surface area contributed by atoms with Crippen LogP contribution in [0.3, 0.4) is 0 Å². The summed E-state index contributed by atoms with van der Waals surface area (Å²) in [5.74, 6) is -0.144. The Labute approximate surface area is 114 Å². The predicted molar refractivity (Wildman–Crippen MR) is 67.8 cm³/mol. The van der Waals surface area contributed by atoms with Crippen LogP contribution in [0.15, 0.2) is 40.2 Å². The highest BCUT2D eigenvalue weighted by Gasteiger charge is 2.33. The number of ether oxygens (including phenoxy) is 1. The van der Waals surface area contributed by atoms with Crippen molar-refractivity contribution < 1.29 is 17.9 Å². The fourth-order valence-electron chi connectivity index (χ4n) is 1.41. The molecular formula is C12H8BrF3OS. The van der Waals surface area contributed by atoms with E-state index >= 15 is 0 Å². The molecule has 0 saturated carbocycles. The van der Waals surface area contributed by atoms with Gasteiger partial charge in [-0.1, -0.05) is 12.1 Å². The van der Waals surface area contributed by atoms with Crippen LogP contribution >= 0.6 is 27.3 Å². The Morgan fingerprint density at radius 3 is 2.56 bits per heavy atom. The Kier molecular flexibility index (Phi) is 3.97. The first-order valence-corrected chi connectivity index (χ1v) is 6.66. The Hall–Kier alpha value is -1.01. The zero-order chi connectivity index (χ0) is 13.2. The van der Waals surface area contributed by atoms with Gasteiger partial charge >= 0.3 is 6.18 Å². The third kappa shape index (κ3) is 3.26. The molecule has 0 bridgehead atoms. The van der Waals surface area contributed by atoms with Crippen molar-refractivity contribution in [3.8, 4) is 5.75 Å². The molecular weight excluding hydrogens is 329 g/mol. The number of thiophene rings is 1. The minimum Gasteiger partial charge on any atom is -0.487 e. The number of para-hydroxylation sites is 1. The van der Waals surface area contributed by atoms with Gasteiger partial charge in [-0.2, -0.15) is 13.2 Å². The normalized spacial score (nSPS) is 11.6. The molecule has 1 heterocycles. The van der Waals surface area contributed by atoms with E-state index in [1.165, 1.54) is 29.5 Å². The van der Waals surface area contributed by atoms with Crippen LogP contribution in [0.25, 0.3) is 0 Å². The summed E-state index contributed by atoms with van der Waals surface area (Å²) in [5, 5.41) is 1.86. The lowest BCUT2D eigenvalue weighted by Crippen LogP contribution is -2.08. The van der Waals surface area contributed by atoms with Crippen molar-refractivity contribution in [2.45, 2.75) is 12.8 Å². The number of alkyl halides is 3. The molecule has 0 amide bonds. The molecule has 2 aromatic rings. The van der Waals surface area contributed by atoms with Gasteiger partial charge in [0.15, 0.2) is 0 Å². The van der Waals surface area contributed by atoms with E-state index in [0.29, 0.717) is 0 Å². The largest absolute Gasteiger partial charge is 0.487 e. The van der Waals surface area contributed by atoms with Crippen LogP contribution in [0.1, 0.15) is 10.4 Å². The summed E-state index contributed by atoms with van der Waals surface area (Å²) >= 11 is 4.71. The third-order valence-corrected chi connectivity index (χ3v) is 3.86. The number of halogens is 4. The van der Waals surface area contributed by atoms with E-state index in [4.69, 9.17) is 4.74 Å². The van der Waals surface area contributed by atoms with E-state index in [2.05, 4.69) is 15.9 Å². The van der Waals surface area contributed by atoms with Gasteiger partial charge in [0.1, 0.15) is 12.4 Å². The lowest BCUT2D eigenvalue weighted by atomic mass is 10.2. The molecule has 0 fully saturated rings. The van der Waals surface area contributed by atoms with Gasteiger partial charge in [0, 0.05) is 14.7 Å². The fourth-order valence-corrected chi connectivity index (χ4v) is 2.77. The average molecular weight is 337 g/mol. The summed E-state index contributed by atoms with van der Waals surface area (Å²) < 4.78 is 44.2. The SMILES string of the molecule is FC(F)(F)c1ccccc1OCc1cc(Br)cs1. The lowest BCUT2D eigenvalue weighted by molar-refractivity contribution is -0.139. The molecule has 0 N–H and O–H groups in total. The van der Waals surface area contributed by atoms with Crippen LogP contribution in [-0.2, 0) is 12.8 Å². The monoisotopic (exact) mass is 336 g/mol. The maximum Gasteiger partial charge on any atom is 0.419 e. The molecule has 0 aliphatic rings. The molecule has 0 radical (unpaired) electrons. The highest BCUT2D eigenvalue weighted by atomic mass is 79.9. The van der Waals surface area contributed by atoms with Gasteiger partial charge in [0.25, 0.3) is 0 Å². The van der Waals surface area contributed by atoms with Crippen molar-refractivity contribution in [2.24, 2.45) is 0 Å². The van der Waals surface area contributed by atoms with Crippen LogP contribution in [0, 0.1) is 0 Å². The van der Waals surface area contributed by atoms with Gasteiger partial charge in [-0.3, -0.25) is 0 Å². The third-order valence-electron chi connectivity index (χ3n) is 2.18. The van der Waals surface area contributed by atoms with Crippen molar-refractivity contribution in [3.05, 3.63) is 50.6 Å². The maximum atomic E-state index is 12.7. The zero-order valence-corrected chi connectivity index (χ0v) is 11.4. The number of benzene rings is 1. The summed E-state index contributed by atoms with van der Waals surface area (Å²) in [4.78, 5) is 0.860. The predicted octanol–water partition coefficient (Wildman–Crippen LogP) is 5.11. The molecule has 1 aromatic carbocycles. The molecule has 18 heavy (non-hydrogen) atoms. The number of hydrogen-bond donors (Lipinski definition) is 0. The smallest absolute Gasteiger partial charge is 0.419 e. The highest BCUT2D eigenvalue weighted by Crippen LogP contribution is 2.36. The van der Waals surface area contributed by atoms with E-state index < -0.39 is 11.7 Å². The number of rotatable bonds is 3. The first-order chi connectivity index (χ1) is 8.47. The fraction of sp³-hybridized carbons (Fsp3) is 0.167. The minimum atomic E-state index is -4.40. The molecule has 0 unspecified atom stereocenters. The molecule has 1 nitrogen and oxygen atoms in total. The summed E-state index contributed by atoms with van der Waals surface area (Å²) in [5.41, 5.74) is -0.749. The average Bonchev–Trinajstić information content (AvgIpc) is 2.72. The molecule has 0 spiro atoms.